The van der Waals surface area contributed by atoms with Crippen molar-refractivity contribution < 1.29 is 4.74 Å². The largest absolute Gasteiger partial charge is 0.436 e. The molecule has 0 saturated carbocycles. The van der Waals surface area contributed by atoms with Crippen LogP contribution in [-0.2, 0) is 6.54 Å². The predicted molar refractivity (Wildman–Crippen MR) is 66.2 cm³/mol. The van der Waals surface area contributed by atoms with Gasteiger partial charge in [0, 0.05) is 12.6 Å². The Morgan fingerprint density at radius 3 is 2.82 bits per heavy atom. The van der Waals surface area contributed by atoms with E-state index in [-0.39, 0.29) is 0 Å². The Kier molecular flexibility index (Phi) is 3.56. The Morgan fingerprint density at radius 1 is 1.35 bits per heavy atom. The van der Waals surface area contributed by atoms with Crippen molar-refractivity contribution in [2.75, 3.05) is 0 Å². The SMILES string of the molecule is Cc1cnnc(Oc2ccc(CN)cc2Cl)c1. The molecule has 0 fully saturated rings. The molecular weight excluding hydrogens is 238 g/mol. The third kappa shape index (κ3) is 2.93. The van der Waals surface area contributed by atoms with Crippen molar-refractivity contribution in [3.63, 3.8) is 0 Å². The van der Waals surface area contributed by atoms with Crippen LogP contribution < -0.4 is 10.5 Å². The normalized spacial score (nSPS) is 10.3. The number of hydrogen-bond acceptors (Lipinski definition) is 4. The minimum Gasteiger partial charge on any atom is -0.436 e. The van der Waals surface area contributed by atoms with Crippen LogP contribution in [0.1, 0.15) is 11.1 Å². The van der Waals surface area contributed by atoms with E-state index in [1.807, 2.05) is 13.0 Å². The summed E-state index contributed by atoms with van der Waals surface area (Å²) < 4.78 is 5.54. The van der Waals surface area contributed by atoms with E-state index in [1.165, 1.54) is 0 Å². The fourth-order valence-corrected chi connectivity index (χ4v) is 1.60. The zero-order valence-electron chi connectivity index (χ0n) is 9.35. The van der Waals surface area contributed by atoms with Crippen molar-refractivity contribution in [2.24, 2.45) is 5.73 Å². The van der Waals surface area contributed by atoms with E-state index >= 15 is 0 Å². The van der Waals surface area contributed by atoms with Gasteiger partial charge in [-0.15, -0.1) is 5.10 Å². The van der Waals surface area contributed by atoms with Gasteiger partial charge in [-0.1, -0.05) is 17.7 Å². The highest BCUT2D eigenvalue weighted by Crippen LogP contribution is 2.29. The second-order valence-electron chi connectivity index (χ2n) is 3.64. The van der Waals surface area contributed by atoms with Crippen molar-refractivity contribution in [2.45, 2.75) is 13.5 Å². The average Bonchev–Trinajstić information content (AvgIpc) is 2.32. The van der Waals surface area contributed by atoms with Crippen molar-refractivity contribution in [3.8, 4) is 11.6 Å². The van der Waals surface area contributed by atoms with Crippen LogP contribution in [0, 0.1) is 6.92 Å². The number of aryl methyl sites for hydroxylation is 1. The number of ether oxygens (including phenoxy) is 1. The number of benzene rings is 1. The molecule has 0 saturated heterocycles. The first-order valence-corrected chi connectivity index (χ1v) is 5.52. The van der Waals surface area contributed by atoms with Crippen LogP contribution in [0.3, 0.4) is 0 Å². The van der Waals surface area contributed by atoms with Gasteiger partial charge in [-0.2, -0.15) is 5.10 Å². The summed E-state index contributed by atoms with van der Waals surface area (Å²) in [6.07, 6.45) is 1.66. The van der Waals surface area contributed by atoms with Gasteiger partial charge in [0.1, 0.15) is 5.75 Å². The van der Waals surface area contributed by atoms with Gasteiger partial charge in [-0.25, -0.2) is 0 Å². The number of rotatable bonds is 3. The maximum absolute atomic E-state index is 6.07. The lowest BCUT2D eigenvalue weighted by molar-refractivity contribution is 0.454. The molecule has 0 spiro atoms. The molecule has 0 bridgehead atoms. The maximum Gasteiger partial charge on any atom is 0.239 e. The topological polar surface area (TPSA) is 61.0 Å². The summed E-state index contributed by atoms with van der Waals surface area (Å²) in [5, 5.41) is 8.18. The van der Waals surface area contributed by atoms with Gasteiger partial charge in [0.05, 0.1) is 11.2 Å². The molecule has 0 radical (unpaired) electrons. The van der Waals surface area contributed by atoms with Crippen LogP contribution in [0.4, 0.5) is 0 Å². The van der Waals surface area contributed by atoms with Gasteiger partial charge in [0.15, 0.2) is 0 Å². The molecule has 5 heteroatoms. The number of hydrogen-bond donors (Lipinski definition) is 1. The molecular formula is C12H12ClN3O. The van der Waals surface area contributed by atoms with E-state index in [0.717, 1.165) is 11.1 Å². The first kappa shape index (κ1) is 11.8. The monoisotopic (exact) mass is 249 g/mol. The summed E-state index contributed by atoms with van der Waals surface area (Å²) in [6.45, 7) is 2.37. The van der Waals surface area contributed by atoms with E-state index in [2.05, 4.69) is 10.2 Å². The van der Waals surface area contributed by atoms with Gasteiger partial charge < -0.3 is 10.5 Å². The molecule has 1 aromatic heterocycles. The first-order valence-electron chi connectivity index (χ1n) is 5.14. The second-order valence-corrected chi connectivity index (χ2v) is 4.05. The van der Waals surface area contributed by atoms with Crippen LogP contribution >= 0.6 is 11.6 Å². The van der Waals surface area contributed by atoms with Gasteiger partial charge in [0.2, 0.25) is 5.88 Å². The predicted octanol–water partition coefficient (Wildman–Crippen LogP) is 2.69. The Labute approximate surface area is 104 Å². The highest BCUT2D eigenvalue weighted by atomic mass is 35.5. The van der Waals surface area contributed by atoms with Crippen LogP contribution in [0.15, 0.2) is 30.5 Å². The summed E-state index contributed by atoms with van der Waals surface area (Å²) in [4.78, 5) is 0. The summed E-state index contributed by atoms with van der Waals surface area (Å²) in [5.41, 5.74) is 7.45. The molecule has 2 rings (SSSR count). The number of aromatic nitrogens is 2. The van der Waals surface area contributed by atoms with Crippen LogP contribution in [-0.4, -0.2) is 10.2 Å². The number of nitrogens with two attached hydrogens (primary N) is 1. The molecule has 2 aromatic rings. The van der Waals surface area contributed by atoms with E-state index in [9.17, 15) is 0 Å². The Balaban J connectivity index is 2.24. The van der Waals surface area contributed by atoms with Crippen molar-refractivity contribution >= 4 is 11.6 Å². The van der Waals surface area contributed by atoms with Crippen LogP contribution in [0.2, 0.25) is 5.02 Å². The molecule has 0 aliphatic heterocycles. The standard InChI is InChI=1S/C12H12ClN3O/c1-8-4-12(16-15-7-8)17-11-3-2-9(6-14)5-10(11)13/h2-5,7H,6,14H2,1H3. The van der Waals surface area contributed by atoms with E-state index in [0.29, 0.717) is 23.2 Å². The zero-order chi connectivity index (χ0) is 12.3. The quantitative estimate of drug-likeness (QED) is 0.909. The van der Waals surface area contributed by atoms with Gasteiger partial charge >= 0.3 is 0 Å². The molecule has 17 heavy (non-hydrogen) atoms. The Hall–Kier alpha value is -1.65. The molecule has 0 aliphatic carbocycles. The molecule has 0 amide bonds. The fourth-order valence-electron chi connectivity index (χ4n) is 1.35. The highest BCUT2D eigenvalue weighted by molar-refractivity contribution is 6.32. The zero-order valence-corrected chi connectivity index (χ0v) is 10.1. The summed E-state index contributed by atoms with van der Waals surface area (Å²) >= 11 is 6.07. The summed E-state index contributed by atoms with van der Waals surface area (Å²) in [5.74, 6) is 0.969. The first-order chi connectivity index (χ1) is 8.19. The van der Waals surface area contributed by atoms with E-state index < -0.39 is 0 Å². The maximum atomic E-state index is 6.07. The average molecular weight is 250 g/mol. The van der Waals surface area contributed by atoms with Crippen LogP contribution in [0.25, 0.3) is 0 Å². The van der Waals surface area contributed by atoms with Crippen LogP contribution in [0.5, 0.6) is 11.6 Å². The minimum absolute atomic E-state index is 0.424. The highest BCUT2D eigenvalue weighted by Gasteiger charge is 2.05. The number of halogens is 1. The third-order valence-electron chi connectivity index (χ3n) is 2.22. The smallest absolute Gasteiger partial charge is 0.239 e. The number of nitrogens with zero attached hydrogens (tertiary/aromatic N) is 2. The molecule has 4 nitrogen and oxygen atoms in total. The second kappa shape index (κ2) is 5.12. The molecule has 1 aromatic carbocycles. The van der Waals surface area contributed by atoms with E-state index in [4.69, 9.17) is 22.1 Å². The molecule has 0 unspecified atom stereocenters. The third-order valence-corrected chi connectivity index (χ3v) is 2.51. The molecule has 2 N–H and O–H groups in total. The lowest BCUT2D eigenvalue weighted by Crippen LogP contribution is -1.97. The van der Waals surface area contributed by atoms with Gasteiger partial charge in [0.25, 0.3) is 0 Å². The lowest BCUT2D eigenvalue weighted by Gasteiger charge is -2.07. The van der Waals surface area contributed by atoms with Gasteiger partial charge in [-0.3, -0.25) is 0 Å². The van der Waals surface area contributed by atoms with Crippen molar-refractivity contribution in [3.05, 3.63) is 46.6 Å². The molecule has 88 valence electrons. The summed E-state index contributed by atoms with van der Waals surface area (Å²) in [7, 11) is 0. The van der Waals surface area contributed by atoms with E-state index in [1.54, 1.807) is 24.4 Å². The van der Waals surface area contributed by atoms with Gasteiger partial charge in [-0.05, 0) is 30.2 Å². The Morgan fingerprint density at radius 2 is 2.18 bits per heavy atom. The molecule has 1 heterocycles. The van der Waals surface area contributed by atoms with Crippen molar-refractivity contribution in [1.82, 2.24) is 10.2 Å². The lowest BCUT2D eigenvalue weighted by atomic mass is 10.2. The minimum atomic E-state index is 0.424. The van der Waals surface area contributed by atoms with Crippen molar-refractivity contribution in [1.29, 1.82) is 0 Å². The fraction of sp³-hybridized carbons (Fsp3) is 0.167. The Bertz CT molecular complexity index is 531. The molecule has 0 aliphatic rings. The molecule has 0 atom stereocenters. The summed E-state index contributed by atoms with van der Waals surface area (Å²) in [6, 6.07) is 7.21.